The quantitative estimate of drug-likeness (QED) is 0.562. The van der Waals surface area contributed by atoms with Gasteiger partial charge >= 0.3 is 0 Å². The number of thiol groups is 1. The normalized spacial score (nSPS) is 10.6. The first kappa shape index (κ1) is 8.78. The second-order valence-electron chi connectivity index (χ2n) is 2.91. The zero-order valence-electron chi connectivity index (χ0n) is 7.07. The molecule has 66 valence electrons. The number of thiophene rings is 1. The lowest BCUT2D eigenvalue weighted by molar-refractivity contribution is 0.112. The molecule has 0 aliphatic heterocycles. The molecule has 2 aromatic rings. The smallest absolute Gasteiger partial charge is 0.151 e. The van der Waals surface area contributed by atoms with E-state index < -0.39 is 0 Å². The van der Waals surface area contributed by atoms with Crippen LogP contribution in [0, 0.1) is 6.92 Å². The summed E-state index contributed by atoms with van der Waals surface area (Å²) in [6, 6.07) is 3.94. The molecule has 0 fully saturated rings. The van der Waals surface area contributed by atoms with Gasteiger partial charge in [-0.3, -0.25) is 4.79 Å². The molecule has 0 aliphatic carbocycles. The van der Waals surface area contributed by atoms with Gasteiger partial charge in [-0.15, -0.1) is 24.0 Å². The molecule has 0 unspecified atom stereocenters. The molecule has 0 N–H and O–H groups in total. The number of carbonyl (C=O) groups excluding carboxylic acids is 1. The van der Waals surface area contributed by atoms with Crippen LogP contribution in [0.4, 0.5) is 0 Å². The summed E-state index contributed by atoms with van der Waals surface area (Å²) >= 11 is 5.96. The number of carbonyl (C=O) groups is 1. The minimum absolute atomic E-state index is 0.677. The Morgan fingerprint density at radius 2 is 2.31 bits per heavy atom. The van der Waals surface area contributed by atoms with Crippen LogP contribution in [-0.2, 0) is 0 Å². The monoisotopic (exact) mass is 208 g/mol. The number of aldehydes is 1. The van der Waals surface area contributed by atoms with E-state index in [4.69, 9.17) is 0 Å². The van der Waals surface area contributed by atoms with Crippen molar-refractivity contribution in [2.24, 2.45) is 0 Å². The summed E-state index contributed by atoms with van der Waals surface area (Å²) in [5.74, 6) is 0. The Balaban J connectivity index is 2.93. The third-order valence-corrected chi connectivity index (χ3v) is 3.64. The largest absolute Gasteiger partial charge is 0.298 e. The van der Waals surface area contributed by atoms with Crippen LogP contribution in [0.25, 0.3) is 10.1 Å². The lowest BCUT2D eigenvalue weighted by Gasteiger charge is -2.02. The lowest BCUT2D eigenvalue weighted by Crippen LogP contribution is -1.85. The minimum atomic E-state index is 0.677. The minimum Gasteiger partial charge on any atom is -0.298 e. The summed E-state index contributed by atoms with van der Waals surface area (Å²) in [6.07, 6.45) is 0.856. The maximum atomic E-state index is 10.7. The summed E-state index contributed by atoms with van der Waals surface area (Å²) in [5.41, 5.74) is 1.81. The fraction of sp³-hybridized carbons (Fsp3) is 0.100. The van der Waals surface area contributed by atoms with E-state index in [-0.39, 0.29) is 0 Å². The SMILES string of the molecule is Cc1cc(C=O)c(S)c2sccc12. The summed E-state index contributed by atoms with van der Waals surface area (Å²) in [7, 11) is 0. The molecule has 0 saturated heterocycles. The second-order valence-corrected chi connectivity index (χ2v) is 4.28. The van der Waals surface area contributed by atoms with Crippen molar-refractivity contribution in [3.63, 3.8) is 0 Å². The molecule has 0 spiro atoms. The van der Waals surface area contributed by atoms with Crippen LogP contribution in [0.3, 0.4) is 0 Å². The Bertz CT molecular complexity index is 471. The highest BCUT2D eigenvalue weighted by Gasteiger charge is 2.07. The Kier molecular flexibility index (Phi) is 2.14. The van der Waals surface area contributed by atoms with Gasteiger partial charge in [0.05, 0.1) is 0 Å². The first-order chi connectivity index (χ1) is 6.24. The number of aryl methyl sites for hydroxylation is 1. The van der Waals surface area contributed by atoms with Gasteiger partial charge in [0.1, 0.15) is 0 Å². The highest BCUT2D eigenvalue weighted by atomic mass is 32.1. The van der Waals surface area contributed by atoms with Crippen molar-refractivity contribution in [1.29, 1.82) is 0 Å². The zero-order chi connectivity index (χ0) is 9.42. The van der Waals surface area contributed by atoms with Crippen molar-refractivity contribution in [3.8, 4) is 0 Å². The molecule has 0 amide bonds. The van der Waals surface area contributed by atoms with Crippen LogP contribution in [-0.4, -0.2) is 6.29 Å². The van der Waals surface area contributed by atoms with Crippen molar-refractivity contribution in [2.75, 3.05) is 0 Å². The molecule has 2 rings (SSSR count). The third-order valence-electron chi connectivity index (χ3n) is 2.08. The summed E-state index contributed by atoms with van der Waals surface area (Å²) in [4.78, 5) is 11.5. The van der Waals surface area contributed by atoms with E-state index in [1.165, 1.54) is 5.39 Å². The molecule has 1 nitrogen and oxygen atoms in total. The number of rotatable bonds is 1. The number of fused-ring (bicyclic) bond motifs is 1. The van der Waals surface area contributed by atoms with Crippen LogP contribution in [0.1, 0.15) is 15.9 Å². The van der Waals surface area contributed by atoms with Gasteiger partial charge in [-0.1, -0.05) is 0 Å². The highest BCUT2D eigenvalue weighted by molar-refractivity contribution is 7.80. The van der Waals surface area contributed by atoms with Gasteiger partial charge in [0, 0.05) is 15.2 Å². The average molecular weight is 208 g/mol. The molecule has 0 aliphatic rings. The number of hydrogen-bond acceptors (Lipinski definition) is 3. The van der Waals surface area contributed by atoms with Gasteiger partial charge in [-0.25, -0.2) is 0 Å². The molecule has 0 radical (unpaired) electrons. The van der Waals surface area contributed by atoms with Gasteiger partial charge in [0.15, 0.2) is 6.29 Å². The number of hydrogen-bond donors (Lipinski definition) is 1. The summed E-state index contributed by atoms with van der Waals surface area (Å²) in [6.45, 7) is 2.01. The van der Waals surface area contributed by atoms with E-state index in [0.29, 0.717) is 5.56 Å². The van der Waals surface area contributed by atoms with Gasteiger partial charge < -0.3 is 0 Å². The van der Waals surface area contributed by atoms with Crippen molar-refractivity contribution in [3.05, 3.63) is 28.6 Å². The fourth-order valence-corrected chi connectivity index (χ4v) is 2.72. The van der Waals surface area contributed by atoms with Gasteiger partial charge in [-0.05, 0) is 35.4 Å². The Hall–Kier alpha value is -0.800. The highest BCUT2D eigenvalue weighted by Crippen LogP contribution is 2.32. The molecule has 1 aromatic carbocycles. The first-order valence-corrected chi connectivity index (χ1v) is 5.21. The van der Waals surface area contributed by atoms with E-state index in [0.717, 1.165) is 21.4 Å². The average Bonchev–Trinajstić information content (AvgIpc) is 2.60. The van der Waals surface area contributed by atoms with Crippen molar-refractivity contribution >= 4 is 40.3 Å². The number of benzene rings is 1. The predicted octanol–water partition coefficient (Wildman–Crippen LogP) is 3.31. The first-order valence-electron chi connectivity index (χ1n) is 3.89. The molecule has 3 heteroatoms. The maximum absolute atomic E-state index is 10.7. The van der Waals surface area contributed by atoms with Gasteiger partial charge in [0.25, 0.3) is 0 Å². The van der Waals surface area contributed by atoms with E-state index in [2.05, 4.69) is 18.7 Å². The maximum Gasteiger partial charge on any atom is 0.151 e. The molecule has 1 aromatic heterocycles. The zero-order valence-corrected chi connectivity index (χ0v) is 8.78. The van der Waals surface area contributed by atoms with Crippen LogP contribution < -0.4 is 0 Å². The molecule has 0 saturated carbocycles. The van der Waals surface area contributed by atoms with Gasteiger partial charge in [0.2, 0.25) is 0 Å². The van der Waals surface area contributed by atoms with Crippen LogP contribution in [0.2, 0.25) is 0 Å². The molecule has 1 heterocycles. The van der Waals surface area contributed by atoms with E-state index in [9.17, 15) is 4.79 Å². The van der Waals surface area contributed by atoms with Gasteiger partial charge in [-0.2, -0.15) is 0 Å². The third kappa shape index (κ3) is 1.28. The molecule has 0 bridgehead atoms. The molecular formula is C10H8OS2. The summed E-state index contributed by atoms with van der Waals surface area (Å²) in [5, 5.41) is 3.21. The second kappa shape index (κ2) is 3.16. The van der Waals surface area contributed by atoms with E-state index in [1.807, 2.05) is 18.4 Å². The van der Waals surface area contributed by atoms with Crippen molar-refractivity contribution < 1.29 is 4.79 Å². The summed E-state index contributed by atoms with van der Waals surface area (Å²) < 4.78 is 1.10. The topological polar surface area (TPSA) is 17.1 Å². The standard InChI is InChI=1S/C10H8OS2/c1-6-4-7(5-11)9(12)10-8(6)2-3-13-10/h2-5,12H,1H3. The van der Waals surface area contributed by atoms with Crippen molar-refractivity contribution in [2.45, 2.75) is 11.8 Å². The Labute approximate surface area is 85.8 Å². The van der Waals surface area contributed by atoms with Crippen LogP contribution in [0.5, 0.6) is 0 Å². The fourth-order valence-electron chi connectivity index (χ4n) is 1.40. The van der Waals surface area contributed by atoms with E-state index >= 15 is 0 Å². The van der Waals surface area contributed by atoms with Crippen LogP contribution >= 0.6 is 24.0 Å². The van der Waals surface area contributed by atoms with E-state index in [1.54, 1.807) is 11.3 Å². The molecule has 0 atom stereocenters. The Morgan fingerprint density at radius 3 is 3.00 bits per heavy atom. The lowest BCUT2D eigenvalue weighted by atomic mass is 10.1. The predicted molar refractivity (Wildman–Crippen MR) is 59.2 cm³/mol. The Morgan fingerprint density at radius 1 is 1.54 bits per heavy atom. The van der Waals surface area contributed by atoms with Crippen LogP contribution in [0.15, 0.2) is 22.4 Å². The molecular weight excluding hydrogens is 200 g/mol. The van der Waals surface area contributed by atoms with Crippen molar-refractivity contribution in [1.82, 2.24) is 0 Å². The molecule has 13 heavy (non-hydrogen) atoms.